The minimum absolute atomic E-state index is 0.212. The normalized spacial score (nSPS) is 10.8. The van der Waals surface area contributed by atoms with Crippen molar-refractivity contribution < 1.29 is 9.52 Å². The summed E-state index contributed by atoms with van der Waals surface area (Å²) in [7, 11) is 0. The van der Waals surface area contributed by atoms with E-state index in [0.29, 0.717) is 16.5 Å². The van der Waals surface area contributed by atoms with E-state index < -0.39 is 5.43 Å². The van der Waals surface area contributed by atoms with Gasteiger partial charge in [0.15, 0.2) is 5.76 Å². The molecule has 3 nitrogen and oxygen atoms in total. The van der Waals surface area contributed by atoms with E-state index in [1.54, 1.807) is 24.3 Å². The van der Waals surface area contributed by atoms with Crippen LogP contribution in [0.2, 0.25) is 0 Å². The van der Waals surface area contributed by atoms with Gasteiger partial charge < -0.3 is 9.52 Å². The maximum absolute atomic E-state index is 12.1. The van der Waals surface area contributed by atoms with Gasteiger partial charge in [-0.15, -0.1) is 0 Å². The summed E-state index contributed by atoms with van der Waals surface area (Å²) in [4.78, 5) is 12.1. The highest BCUT2D eigenvalue weighted by Gasteiger charge is 2.14. The van der Waals surface area contributed by atoms with Gasteiger partial charge in [0.05, 0.1) is 5.39 Å². The van der Waals surface area contributed by atoms with E-state index in [-0.39, 0.29) is 11.5 Å². The average molecular weight is 252 g/mol. The molecule has 3 rings (SSSR count). The number of fused-ring (bicyclic) bond motifs is 1. The van der Waals surface area contributed by atoms with E-state index in [4.69, 9.17) is 4.42 Å². The van der Waals surface area contributed by atoms with Crippen molar-refractivity contribution in [2.75, 3.05) is 0 Å². The van der Waals surface area contributed by atoms with Crippen molar-refractivity contribution >= 4 is 11.0 Å². The summed E-state index contributed by atoms with van der Waals surface area (Å²) in [5.41, 5.74) is 1.77. The number of hydrogen-bond donors (Lipinski definition) is 1. The summed E-state index contributed by atoms with van der Waals surface area (Å²) in [5, 5.41) is 10.4. The smallest absolute Gasteiger partial charge is 0.235 e. The lowest BCUT2D eigenvalue weighted by atomic mass is 10.1. The van der Waals surface area contributed by atoms with Crippen molar-refractivity contribution in [1.29, 1.82) is 0 Å². The molecule has 1 heterocycles. The van der Waals surface area contributed by atoms with Gasteiger partial charge in [-0.3, -0.25) is 4.79 Å². The van der Waals surface area contributed by atoms with Gasteiger partial charge in [-0.05, 0) is 24.6 Å². The molecule has 0 saturated carbocycles. The molecule has 0 aliphatic rings. The van der Waals surface area contributed by atoms with Crippen LogP contribution in [0.1, 0.15) is 5.56 Å². The van der Waals surface area contributed by atoms with Gasteiger partial charge in [-0.25, -0.2) is 0 Å². The zero-order valence-corrected chi connectivity index (χ0v) is 10.4. The van der Waals surface area contributed by atoms with E-state index in [1.807, 2.05) is 31.2 Å². The molecule has 0 fully saturated rings. The van der Waals surface area contributed by atoms with Crippen LogP contribution in [0.5, 0.6) is 5.75 Å². The topological polar surface area (TPSA) is 50.4 Å². The van der Waals surface area contributed by atoms with Gasteiger partial charge in [0.25, 0.3) is 0 Å². The Morgan fingerprint density at radius 2 is 1.79 bits per heavy atom. The van der Waals surface area contributed by atoms with Crippen LogP contribution in [0.4, 0.5) is 0 Å². The van der Waals surface area contributed by atoms with E-state index in [9.17, 15) is 9.90 Å². The molecule has 0 unspecified atom stereocenters. The molecule has 3 aromatic rings. The lowest BCUT2D eigenvalue weighted by Gasteiger charge is -2.06. The van der Waals surface area contributed by atoms with Crippen LogP contribution in [0.15, 0.2) is 57.7 Å². The van der Waals surface area contributed by atoms with E-state index >= 15 is 0 Å². The van der Waals surface area contributed by atoms with Crippen LogP contribution in [-0.2, 0) is 0 Å². The van der Waals surface area contributed by atoms with Gasteiger partial charge in [0.1, 0.15) is 5.58 Å². The Balaban J connectivity index is 2.38. The van der Waals surface area contributed by atoms with Crippen molar-refractivity contribution in [2.24, 2.45) is 0 Å². The van der Waals surface area contributed by atoms with E-state index in [0.717, 1.165) is 5.56 Å². The minimum Gasteiger partial charge on any atom is -0.502 e. The molecule has 0 aliphatic carbocycles. The second-order valence-electron chi connectivity index (χ2n) is 4.47. The van der Waals surface area contributed by atoms with Crippen LogP contribution in [0, 0.1) is 6.92 Å². The first-order valence-corrected chi connectivity index (χ1v) is 5.98. The molecular formula is C16H12O3. The molecule has 1 aromatic heterocycles. The van der Waals surface area contributed by atoms with Crippen molar-refractivity contribution in [3.63, 3.8) is 0 Å². The lowest BCUT2D eigenvalue weighted by Crippen LogP contribution is -2.02. The predicted octanol–water partition coefficient (Wildman–Crippen LogP) is 3.47. The third-order valence-corrected chi connectivity index (χ3v) is 3.06. The van der Waals surface area contributed by atoms with Crippen molar-refractivity contribution in [3.05, 3.63) is 64.3 Å². The molecule has 0 aliphatic heterocycles. The second-order valence-corrected chi connectivity index (χ2v) is 4.47. The van der Waals surface area contributed by atoms with Crippen LogP contribution in [-0.4, -0.2) is 5.11 Å². The summed E-state index contributed by atoms with van der Waals surface area (Å²) < 4.78 is 5.69. The van der Waals surface area contributed by atoms with E-state index in [2.05, 4.69) is 0 Å². The van der Waals surface area contributed by atoms with Gasteiger partial charge in [0, 0.05) is 5.56 Å². The molecule has 0 bridgehead atoms. The van der Waals surface area contributed by atoms with E-state index in [1.165, 1.54) is 0 Å². The predicted molar refractivity (Wildman–Crippen MR) is 74.3 cm³/mol. The molecule has 94 valence electrons. The van der Waals surface area contributed by atoms with Crippen LogP contribution in [0.3, 0.4) is 0 Å². The quantitative estimate of drug-likeness (QED) is 0.721. The third-order valence-electron chi connectivity index (χ3n) is 3.06. The first-order valence-electron chi connectivity index (χ1n) is 5.98. The molecule has 0 saturated heterocycles. The van der Waals surface area contributed by atoms with Crippen LogP contribution < -0.4 is 5.43 Å². The zero-order chi connectivity index (χ0) is 13.4. The number of hydrogen-bond acceptors (Lipinski definition) is 3. The fourth-order valence-electron chi connectivity index (χ4n) is 2.08. The van der Waals surface area contributed by atoms with Gasteiger partial charge in [-0.1, -0.05) is 36.4 Å². The fourth-order valence-corrected chi connectivity index (χ4v) is 2.08. The first kappa shape index (κ1) is 11.5. The molecule has 2 aromatic carbocycles. The number of benzene rings is 2. The summed E-state index contributed by atoms with van der Waals surface area (Å²) in [6.07, 6.45) is 0. The van der Waals surface area contributed by atoms with Gasteiger partial charge >= 0.3 is 0 Å². The van der Waals surface area contributed by atoms with Gasteiger partial charge in [0.2, 0.25) is 11.2 Å². The third kappa shape index (κ3) is 1.89. The van der Waals surface area contributed by atoms with Crippen LogP contribution in [0.25, 0.3) is 22.3 Å². The Kier molecular flexibility index (Phi) is 2.60. The number of aryl methyl sites for hydroxylation is 1. The lowest BCUT2D eigenvalue weighted by molar-refractivity contribution is 0.449. The first-order chi connectivity index (χ1) is 9.16. The largest absolute Gasteiger partial charge is 0.502 e. The van der Waals surface area contributed by atoms with Crippen molar-refractivity contribution in [1.82, 2.24) is 0 Å². The Labute approximate surface area is 109 Å². The SMILES string of the molecule is Cc1ccc2c(=O)c(O)c(-c3ccccc3)oc2c1. The highest BCUT2D eigenvalue weighted by molar-refractivity contribution is 5.82. The minimum atomic E-state index is -0.403. The Bertz CT molecular complexity index is 801. The summed E-state index contributed by atoms with van der Waals surface area (Å²) in [6, 6.07) is 14.4. The summed E-state index contributed by atoms with van der Waals surface area (Å²) >= 11 is 0. The fraction of sp³-hybridized carbons (Fsp3) is 0.0625. The molecule has 3 heteroatoms. The molecule has 19 heavy (non-hydrogen) atoms. The molecule has 0 spiro atoms. The standard InChI is InChI=1S/C16H12O3/c1-10-7-8-12-13(9-10)19-16(15(18)14(12)17)11-5-3-2-4-6-11/h2-9,18H,1H3. The average Bonchev–Trinajstić information content (AvgIpc) is 2.43. The van der Waals surface area contributed by atoms with Crippen molar-refractivity contribution in [2.45, 2.75) is 6.92 Å². The monoisotopic (exact) mass is 252 g/mol. The molecule has 1 N–H and O–H groups in total. The Hall–Kier alpha value is -2.55. The maximum Gasteiger partial charge on any atom is 0.235 e. The zero-order valence-electron chi connectivity index (χ0n) is 10.4. The second kappa shape index (κ2) is 4.28. The van der Waals surface area contributed by atoms with Crippen LogP contribution >= 0.6 is 0 Å². The Morgan fingerprint density at radius 1 is 1.05 bits per heavy atom. The van der Waals surface area contributed by atoms with Gasteiger partial charge in [-0.2, -0.15) is 0 Å². The number of rotatable bonds is 1. The summed E-state index contributed by atoms with van der Waals surface area (Å²) in [5.74, 6) is -0.133. The molecular weight excluding hydrogens is 240 g/mol. The Morgan fingerprint density at radius 3 is 2.53 bits per heavy atom. The highest BCUT2D eigenvalue weighted by Crippen LogP contribution is 2.29. The highest BCUT2D eigenvalue weighted by atomic mass is 16.4. The maximum atomic E-state index is 12.1. The molecule has 0 amide bonds. The summed E-state index contributed by atoms with van der Waals surface area (Å²) in [6.45, 7) is 1.93. The molecule has 0 radical (unpaired) electrons. The number of aromatic hydroxyl groups is 1. The molecule has 0 atom stereocenters. The van der Waals surface area contributed by atoms with Crippen molar-refractivity contribution in [3.8, 4) is 17.1 Å².